The summed E-state index contributed by atoms with van der Waals surface area (Å²) >= 11 is 0. The van der Waals surface area contributed by atoms with Crippen LogP contribution in [0.1, 0.15) is 53.4 Å². The number of hydrogen-bond acceptors (Lipinski definition) is 3. The lowest BCUT2D eigenvalue weighted by molar-refractivity contribution is -0.124. The minimum Gasteiger partial charge on any atom is -0.373 e. The molecule has 1 aliphatic heterocycles. The first kappa shape index (κ1) is 15.3. The van der Waals surface area contributed by atoms with E-state index in [1.165, 1.54) is 25.7 Å². The maximum absolute atomic E-state index is 6.20. The smallest absolute Gasteiger partial charge is 0.0753 e. The Labute approximate surface area is 118 Å². The number of hydrogen-bond donors (Lipinski definition) is 1. The van der Waals surface area contributed by atoms with Gasteiger partial charge in [-0.3, -0.25) is 4.90 Å². The molecule has 0 aromatic rings. The third-order valence-corrected chi connectivity index (χ3v) is 5.38. The van der Waals surface area contributed by atoms with Gasteiger partial charge >= 0.3 is 0 Å². The molecule has 2 aliphatic rings. The molecule has 1 saturated heterocycles. The highest BCUT2D eigenvalue weighted by Crippen LogP contribution is 2.40. The van der Waals surface area contributed by atoms with Crippen molar-refractivity contribution in [2.75, 3.05) is 26.2 Å². The first-order valence-corrected chi connectivity index (χ1v) is 7.98. The zero-order valence-electron chi connectivity index (χ0n) is 13.2. The van der Waals surface area contributed by atoms with Crippen molar-refractivity contribution < 1.29 is 4.74 Å². The summed E-state index contributed by atoms with van der Waals surface area (Å²) < 4.78 is 5.85. The van der Waals surface area contributed by atoms with Crippen LogP contribution in [0.15, 0.2) is 0 Å². The van der Waals surface area contributed by atoms with Crippen LogP contribution in [0.2, 0.25) is 0 Å². The van der Waals surface area contributed by atoms with E-state index in [-0.39, 0.29) is 11.1 Å². The summed E-state index contributed by atoms with van der Waals surface area (Å²) in [5, 5.41) is 0. The third-order valence-electron chi connectivity index (χ3n) is 5.38. The Kier molecular flexibility index (Phi) is 4.59. The molecule has 3 nitrogen and oxygen atoms in total. The molecule has 0 atom stereocenters. The largest absolute Gasteiger partial charge is 0.373 e. The van der Waals surface area contributed by atoms with Crippen LogP contribution in [0.3, 0.4) is 0 Å². The zero-order chi connectivity index (χ0) is 14.1. The van der Waals surface area contributed by atoms with Crippen LogP contribution in [0, 0.1) is 11.8 Å². The van der Waals surface area contributed by atoms with E-state index >= 15 is 0 Å². The Morgan fingerprint density at radius 1 is 1.26 bits per heavy atom. The van der Waals surface area contributed by atoms with Gasteiger partial charge < -0.3 is 10.5 Å². The molecule has 0 spiro atoms. The predicted octanol–water partition coefficient (Wildman–Crippen LogP) is 2.64. The van der Waals surface area contributed by atoms with Crippen molar-refractivity contribution in [1.29, 1.82) is 0 Å². The van der Waals surface area contributed by atoms with Crippen LogP contribution in [0.25, 0.3) is 0 Å². The van der Waals surface area contributed by atoms with E-state index in [0.29, 0.717) is 0 Å². The van der Waals surface area contributed by atoms with Crippen LogP contribution in [-0.4, -0.2) is 42.3 Å². The van der Waals surface area contributed by atoms with E-state index in [9.17, 15) is 0 Å². The van der Waals surface area contributed by atoms with Crippen molar-refractivity contribution in [2.45, 2.75) is 64.5 Å². The third kappa shape index (κ3) is 3.32. The van der Waals surface area contributed by atoms with Crippen LogP contribution in [0.5, 0.6) is 0 Å². The average Bonchev–Trinajstić information content (AvgIpc) is 2.37. The molecule has 0 bridgehead atoms. The summed E-state index contributed by atoms with van der Waals surface area (Å²) in [6, 6.07) is 0. The van der Waals surface area contributed by atoms with Gasteiger partial charge in [0.25, 0.3) is 0 Å². The van der Waals surface area contributed by atoms with Crippen LogP contribution in [0.4, 0.5) is 0 Å². The van der Waals surface area contributed by atoms with E-state index < -0.39 is 0 Å². The topological polar surface area (TPSA) is 38.5 Å². The van der Waals surface area contributed by atoms with Crippen molar-refractivity contribution in [2.24, 2.45) is 17.6 Å². The summed E-state index contributed by atoms with van der Waals surface area (Å²) in [6.45, 7) is 12.8. The highest BCUT2D eigenvalue weighted by molar-refractivity contribution is 4.99. The van der Waals surface area contributed by atoms with E-state index in [0.717, 1.165) is 38.1 Å². The standard InChI is InChI=1S/C16H32N2O/c1-13(2)14-5-7-16(11-17,8-6-14)18-9-10-19-15(3,4)12-18/h13-14H,5-12,17H2,1-4H3. The highest BCUT2D eigenvalue weighted by atomic mass is 16.5. The van der Waals surface area contributed by atoms with Gasteiger partial charge in [0.05, 0.1) is 12.2 Å². The van der Waals surface area contributed by atoms with Crippen molar-refractivity contribution in [3.05, 3.63) is 0 Å². The molecule has 112 valence electrons. The maximum Gasteiger partial charge on any atom is 0.0753 e. The van der Waals surface area contributed by atoms with Crippen molar-refractivity contribution in [3.8, 4) is 0 Å². The summed E-state index contributed by atoms with van der Waals surface area (Å²) in [7, 11) is 0. The molecule has 1 aliphatic carbocycles. The maximum atomic E-state index is 6.20. The van der Waals surface area contributed by atoms with E-state index in [4.69, 9.17) is 10.5 Å². The second-order valence-electron chi connectivity index (χ2n) is 7.54. The molecule has 1 saturated carbocycles. The molecule has 0 radical (unpaired) electrons. The van der Waals surface area contributed by atoms with Gasteiger partial charge in [0.15, 0.2) is 0 Å². The van der Waals surface area contributed by atoms with E-state index in [1.807, 2.05) is 0 Å². The number of rotatable bonds is 3. The molecule has 1 heterocycles. The number of ether oxygens (including phenoxy) is 1. The van der Waals surface area contributed by atoms with Gasteiger partial charge in [-0.2, -0.15) is 0 Å². The fraction of sp³-hybridized carbons (Fsp3) is 1.00. The molecule has 0 aromatic heterocycles. The van der Waals surface area contributed by atoms with E-state index in [2.05, 4.69) is 32.6 Å². The molecule has 19 heavy (non-hydrogen) atoms. The lowest BCUT2D eigenvalue weighted by atomic mass is 9.71. The molecule has 0 unspecified atom stereocenters. The summed E-state index contributed by atoms with van der Waals surface area (Å²) in [6.07, 6.45) is 5.21. The van der Waals surface area contributed by atoms with Gasteiger partial charge in [0.1, 0.15) is 0 Å². The SMILES string of the molecule is CC(C)C1CCC(CN)(N2CCOC(C)(C)C2)CC1. The first-order valence-electron chi connectivity index (χ1n) is 7.98. The van der Waals surface area contributed by atoms with Gasteiger partial charge in [-0.25, -0.2) is 0 Å². The quantitative estimate of drug-likeness (QED) is 0.855. The van der Waals surface area contributed by atoms with Crippen LogP contribution < -0.4 is 5.73 Å². The van der Waals surface area contributed by atoms with Crippen LogP contribution >= 0.6 is 0 Å². The second kappa shape index (κ2) is 5.71. The Hall–Kier alpha value is -0.120. The number of nitrogens with zero attached hydrogens (tertiary/aromatic N) is 1. The van der Waals surface area contributed by atoms with Crippen molar-refractivity contribution in [3.63, 3.8) is 0 Å². The number of morpholine rings is 1. The van der Waals surface area contributed by atoms with Gasteiger partial charge in [-0.15, -0.1) is 0 Å². The molecular weight excluding hydrogens is 236 g/mol. The van der Waals surface area contributed by atoms with Crippen molar-refractivity contribution in [1.82, 2.24) is 4.90 Å². The lowest BCUT2D eigenvalue weighted by Gasteiger charge is -2.52. The lowest BCUT2D eigenvalue weighted by Crippen LogP contribution is -2.62. The second-order valence-corrected chi connectivity index (χ2v) is 7.54. The average molecular weight is 268 g/mol. The molecular formula is C16H32N2O. The zero-order valence-corrected chi connectivity index (χ0v) is 13.2. The molecule has 2 N–H and O–H groups in total. The minimum absolute atomic E-state index is 0.0185. The predicted molar refractivity (Wildman–Crippen MR) is 80.2 cm³/mol. The molecule has 0 aromatic carbocycles. The molecule has 2 rings (SSSR count). The monoisotopic (exact) mass is 268 g/mol. The van der Waals surface area contributed by atoms with Gasteiger partial charge in [0.2, 0.25) is 0 Å². The molecule has 2 fully saturated rings. The normalized spacial score (nSPS) is 36.6. The fourth-order valence-electron chi connectivity index (χ4n) is 3.91. The Morgan fingerprint density at radius 3 is 2.37 bits per heavy atom. The van der Waals surface area contributed by atoms with Gasteiger partial charge in [0, 0.05) is 25.2 Å². The van der Waals surface area contributed by atoms with Gasteiger partial charge in [-0.05, 0) is 51.4 Å². The summed E-state index contributed by atoms with van der Waals surface area (Å²) in [4.78, 5) is 2.63. The van der Waals surface area contributed by atoms with Gasteiger partial charge in [-0.1, -0.05) is 13.8 Å². The van der Waals surface area contributed by atoms with Crippen LogP contribution in [-0.2, 0) is 4.74 Å². The van der Waals surface area contributed by atoms with E-state index in [1.54, 1.807) is 0 Å². The Morgan fingerprint density at radius 2 is 1.89 bits per heavy atom. The minimum atomic E-state index is -0.0185. The number of nitrogens with two attached hydrogens (primary N) is 1. The Bertz CT molecular complexity index is 293. The fourth-order valence-corrected chi connectivity index (χ4v) is 3.91. The summed E-state index contributed by atoms with van der Waals surface area (Å²) in [5.41, 5.74) is 6.42. The molecule has 0 amide bonds. The Balaban J connectivity index is 2.03. The highest BCUT2D eigenvalue weighted by Gasteiger charge is 2.43. The summed E-state index contributed by atoms with van der Waals surface area (Å²) in [5.74, 6) is 1.71. The molecule has 3 heteroatoms. The van der Waals surface area contributed by atoms with Crippen molar-refractivity contribution >= 4 is 0 Å². The first-order chi connectivity index (χ1) is 8.88.